The lowest BCUT2D eigenvalue weighted by Crippen LogP contribution is -2.18. The highest BCUT2D eigenvalue weighted by Gasteiger charge is 2.33. The Balaban J connectivity index is 2.03. The molecule has 2 aromatic rings. The van der Waals surface area contributed by atoms with Crippen molar-refractivity contribution in [2.45, 2.75) is 12.8 Å². The van der Waals surface area contributed by atoms with E-state index in [0.717, 1.165) is 11.1 Å². The molecular formula is C15H11F3O3. The molecule has 0 unspecified atom stereocenters. The molecule has 0 saturated carbocycles. The number of hydrogen-bond acceptors (Lipinski definition) is 3. The Hall–Kier alpha value is -2.34. The van der Waals surface area contributed by atoms with E-state index in [0.29, 0.717) is 5.56 Å². The van der Waals surface area contributed by atoms with Gasteiger partial charge in [-0.05, 0) is 16.7 Å². The monoisotopic (exact) mass is 296 g/mol. The standard InChI is InChI=1S/C15H11F3O3/c16-15(17,18)21-20-14(19)10-11-5-4-8-13(9-11)12-6-2-1-3-7-12/h1-9H,10H2. The van der Waals surface area contributed by atoms with E-state index in [1.165, 1.54) is 0 Å². The van der Waals surface area contributed by atoms with Crippen LogP contribution in [0.3, 0.4) is 0 Å². The van der Waals surface area contributed by atoms with Crippen molar-refractivity contribution < 1.29 is 27.7 Å². The van der Waals surface area contributed by atoms with Crippen molar-refractivity contribution >= 4 is 5.97 Å². The number of benzene rings is 2. The molecule has 110 valence electrons. The van der Waals surface area contributed by atoms with E-state index in [1.54, 1.807) is 18.2 Å². The third-order valence-electron chi connectivity index (χ3n) is 2.61. The fraction of sp³-hybridized carbons (Fsp3) is 0.133. The molecule has 3 nitrogen and oxygen atoms in total. The maximum atomic E-state index is 11.7. The molecule has 0 bridgehead atoms. The van der Waals surface area contributed by atoms with Gasteiger partial charge in [0, 0.05) is 0 Å². The molecule has 0 amide bonds. The molecule has 0 N–H and O–H groups in total. The first-order valence-corrected chi connectivity index (χ1v) is 6.04. The Morgan fingerprint density at radius 3 is 2.29 bits per heavy atom. The van der Waals surface area contributed by atoms with Gasteiger partial charge < -0.3 is 0 Å². The summed E-state index contributed by atoms with van der Waals surface area (Å²) in [7, 11) is 0. The molecule has 0 aromatic heterocycles. The molecule has 0 saturated heterocycles. The van der Waals surface area contributed by atoms with Crippen molar-refractivity contribution in [3.05, 3.63) is 60.2 Å². The van der Waals surface area contributed by atoms with Crippen LogP contribution in [0.4, 0.5) is 13.2 Å². The highest BCUT2D eigenvalue weighted by Crippen LogP contribution is 2.21. The summed E-state index contributed by atoms with van der Waals surface area (Å²) < 4.78 is 35.2. The van der Waals surface area contributed by atoms with Crippen molar-refractivity contribution in [1.82, 2.24) is 0 Å². The fourth-order valence-electron chi connectivity index (χ4n) is 1.78. The number of hydrogen-bond donors (Lipinski definition) is 0. The van der Waals surface area contributed by atoms with E-state index in [4.69, 9.17) is 0 Å². The van der Waals surface area contributed by atoms with E-state index < -0.39 is 12.3 Å². The third kappa shape index (κ3) is 4.92. The molecule has 0 aliphatic rings. The minimum atomic E-state index is -5.00. The third-order valence-corrected chi connectivity index (χ3v) is 2.61. The van der Waals surface area contributed by atoms with Crippen LogP contribution in [0.1, 0.15) is 5.56 Å². The van der Waals surface area contributed by atoms with Crippen LogP contribution in [0.25, 0.3) is 11.1 Å². The second-order valence-corrected chi connectivity index (χ2v) is 4.23. The lowest BCUT2D eigenvalue weighted by molar-refractivity contribution is -0.462. The van der Waals surface area contributed by atoms with E-state index in [9.17, 15) is 18.0 Å². The molecular weight excluding hydrogens is 285 g/mol. The molecule has 0 aliphatic carbocycles. The summed E-state index contributed by atoms with van der Waals surface area (Å²) in [5.41, 5.74) is 2.34. The Morgan fingerprint density at radius 1 is 0.952 bits per heavy atom. The largest absolute Gasteiger partial charge is 0.558 e. The van der Waals surface area contributed by atoms with E-state index in [1.807, 2.05) is 36.4 Å². The highest BCUT2D eigenvalue weighted by atomic mass is 19.4. The molecule has 0 aliphatic heterocycles. The molecule has 0 spiro atoms. The minimum Gasteiger partial charge on any atom is -0.290 e. The maximum absolute atomic E-state index is 11.7. The summed E-state index contributed by atoms with van der Waals surface area (Å²) in [5, 5.41) is 0. The van der Waals surface area contributed by atoms with Crippen LogP contribution in [0, 0.1) is 0 Å². The van der Waals surface area contributed by atoms with Gasteiger partial charge in [0.15, 0.2) is 0 Å². The van der Waals surface area contributed by atoms with Crippen LogP contribution >= 0.6 is 0 Å². The lowest BCUT2D eigenvalue weighted by atomic mass is 10.0. The number of rotatable bonds is 4. The van der Waals surface area contributed by atoms with Gasteiger partial charge in [-0.15, -0.1) is 13.2 Å². The molecule has 2 rings (SSSR count). The van der Waals surface area contributed by atoms with Crippen molar-refractivity contribution in [3.8, 4) is 11.1 Å². The zero-order valence-electron chi connectivity index (χ0n) is 10.8. The molecule has 2 aromatic carbocycles. The molecule has 0 fully saturated rings. The van der Waals surface area contributed by atoms with Crippen molar-refractivity contribution in [3.63, 3.8) is 0 Å². The minimum absolute atomic E-state index is 0.309. The van der Waals surface area contributed by atoms with Crippen LogP contribution in [0.5, 0.6) is 0 Å². The van der Waals surface area contributed by atoms with Gasteiger partial charge in [0.05, 0.1) is 6.42 Å². The Kier molecular flexibility index (Phi) is 4.59. The van der Waals surface area contributed by atoms with Crippen LogP contribution in [0.15, 0.2) is 54.6 Å². The van der Waals surface area contributed by atoms with E-state index in [2.05, 4.69) is 9.78 Å². The number of carbonyl (C=O) groups is 1. The topological polar surface area (TPSA) is 35.5 Å². The van der Waals surface area contributed by atoms with Gasteiger partial charge in [0.25, 0.3) is 0 Å². The number of halogens is 3. The van der Waals surface area contributed by atoms with Gasteiger partial charge in [-0.25, -0.2) is 4.79 Å². The second kappa shape index (κ2) is 6.41. The predicted octanol–water partition coefficient (Wildman–Crippen LogP) is 3.89. The first-order valence-electron chi connectivity index (χ1n) is 6.04. The summed E-state index contributed by atoms with van der Waals surface area (Å²) in [4.78, 5) is 18.0. The Labute approximate surface area is 118 Å². The van der Waals surface area contributed by atoms with Crippen molar-refractivity contribution in [1.29, 1.82) is 0 Å². The second-order valence-electron chi connectivity index (χ2n) is 4.23. The zero-order chi connectivity index (χ0) is 15.3. The van der Waals surface area contributed by atoms with Gasteiger partial charge in [-0.1, -0.05) is 59.5 Å². The van der Waals surface area contributed by atoms with Crippen molar-refractivity contribution in [2.24, 2.45) is 0 Å². The van der Waals surface area contributed by atoms with Gasteiger partial charge >= 0.3 is 12.3 Å². The van der Waals surface area contributed by atoms with Crippen LogP contribution in [-0.4, -0.2) is 12.3 Å². The van der Waals surface area contributed by atoms with Gasteiger partial charge in [0.1, 0.15) is 0 Å². The zero-order valence-corrected chi connectivity index (χ0v) is 10.8. The van der Waals surface area contributed by atoms with Crippen molar-refractivity contribution in [2.75, 3.05) is 0 Å². The van der Waals surface area contributed by atoms with E-state index >= 15 is 0 Å². The Morgan fingerprint density at radius 2 is 1.62 bits per heavy atom. The Bertz CT molecular complexity index is 609. The SMILES string of the molecule is O=C(Cc1cccc(-c2ccccc2)c1)OOC(F)(F)F. The smallest absolute Gasteiger partial charge is 0.290 e. The normalized spacial score (nSPS) is 11.2. The summed E-state index contributed by atoms with van der Waals surface area (Å²) in [6, 6.07) is 16.3. The fourth-order valence-corrected chi connectivity index (χ4v) is 1.78. The molecule has 6 heteroatoms. The molecule has 0 atom stereocenters. The summed E-state index contributed by atoms with van der Waals surface area (Å²) in [6.45, 7) is 0. The van der Waals surface area contributed by atoms with Crippen LogP contribution in [0.2, 0.25) is 0 Å². The average molecular weight is 296 g/mol. The van der Waals surface area contributed by atoms with Gasteiger partial charge in [0.2, 0.25) is 0 Å². The van der Waals surface area contributed by atoms with E-state index in [-0.39, 0.29) is 6.42 Å². The molecule has 0 heterocycles. The quantitative estimate of drug-likeness (QED) is 0.634. The van der Waals surface area contributed by atoms with Gasteiger partial charge in [-0.2, -0.15) is 0 Å². The lowest BCUT2D eigenvalue weighted by Gasteiger charge is -2.07. The average Bonchev–Trinajstić information content (AvgIpc) is 2.46. The molecule has 21 heavy (non-hydrogen) atoms. The first-order chi connectivity index (χ1) is 9.94. The summed E-state index contributed by atoms with van der Waals surface area (Å²) in [5.74, 6) is -1.11. The number of carbonyl (C=O) groups excluding carboxylic acids is 1. The van der Waals surface area contributed by atoms with Gasteiger partial charge in [-0.3, -0.25) is 4.89 Å². The highest BCUT2D eigenvalue weighted by molar-refractivity contribution is 5.73. The van der Waals surface area contributed by atoms with Crippen LogP contribution in [-0.2, 0) is 21.0 Å². The first kappa shape index (κ1) is 15.1. The number of alkyl halides is 3. The maximum Gasteiger partial charge on any atom is 0.558 e. The van der Waals surface area contributed by atoms with Crippen LogP contribution < -0.4 is 0 Å². The summed E-state index contributed by atoms with van der Waals surface area (Å²) in [6.07, 6.45) is -5.31. The molecule has 0 radical (unpaired) electrons. The predicted molar refractivity (Wildman–Crippen MR) is 68.8 cm³/mol. The summed E-state index contributed by atoms with van der Waals surface area (Å²) >= 11 is 0.